The van der Waals surface area contributed by atoms with Crippen LogP contribution in [0, 0.1) is 0 Å². The Bertz CT molecular complexity index is 676. The molecule has 1 aromatic heterocycles. The van der Waals surface area contributed by atoms with E-state index in [-0.39, 0.29) is 5.91 Å². The van der Waals surface area contributed by atoms with E-state index in [1.807, 2.05) is 23.1 Å². The fourth-order valence-electron chi connectivity index (χ4n) is 3.09. The largest absolute Gasteiger partial charge is 0.493 e. The molecule has 6 nitrogen and oxygen atoms in total. The summed E-state index contributed by atoms with van der Waals surface area (Å²) >= 11 is 0. The molecule has 2 heterocycles. The van der Waals surface area contributed by atoms with Gasteiger partial charge in [0.05, 0.1) is 52.2 Å². The van der Waals surface area contributed by atoms with E-state index in [9.17, 15) is 4.79 Å². The number of amides is 1. The number of carbonyl (C=O) groups excluding carboxylic acids is 1. The summed E-state index contributed by atoms with van der Waals surface area (Å²) in [5.41, 5.74) is 0.548. The molecule has 6 heteroatoms. The maximum Gasteiger partial charge on any atom is 0.258 e. The minimum Gasteiger partial charge on any atom is -0.493 e. The Balaban J connectivity index is 1.65. The molecule has 1 aliphatic heterocycles. The molecule has 0 saturated carbocycles. The number of nitrogens with zero attached hydrogens (tertiary/aromatic N) is 1. The number of quaternary nitrogens is 1. The van der Waals surface area contributed by atoms with Gasteiger partial charge in [-0.3, -0.25) is 4.79 Å². The van der Waals surface area contributed by atoms with Gasteiger partial charge in [-0.2, -0.15) is 0 Å². The van der Waals surface area contributed by atoms with Crippen LogP contribution in [0.2, 0.25) is 0 Å². The first-order chi connectivity index (χ1) is 11.7. The Kier molecular flexibility index (Phi) is 5.05. The number of ether oxygens (including phenoxy) is 2. The molecule has 1 amide bonds. The van der Waals surface area contributed by atoms with Crippen molar-refractivity contribution in [3.8, 4) is 11.5 Å². The quantitative estimate of drug-likeness (QED) is 0.882. The molecule has 0 aliphatic carbocycles. The molecule has 2 aromatic rings. The molecule has 0 spiro atoms. The Morgan fingerprint density at radius 1 is 1.17 bits per heavy atom. The fourth-order valence-corrected chi connectivity index (χ4v) is 3.09. The summed E-state index contributed by atoms with van der Waals surface area (Å²) < 4.78 is 16.1. The number of nitrogens with one attached hydrogen (secondary N) is 1. The van der Waals surface area contributed by atoms with Gasteiger partial charge < -0.3 is 23.7 Å². The third-order valence-electron chi connectivity index (χ3n) is 4.40. The van der Waals surface area contributed by atoms with Crippen molar-refractivity contribution in [2.24, 2.45) is 0 Å². The van der Waals surface area contributed by atoms with Gasteiger partial charge in [0.25, 0.3) is 5.91 Å². The molecule has 0 unspecified atom stereocenters. The average molecular weight is 331 g/mol. The number of furan rings is 1. The van der Waals surface area contributed by atoms with Crippen LogP contribution in [0.15, 0.2) is 41.0 Å². The van der Waals surface area contributed by atoms with E-state index >= 15 is 0 Å². The minimum absolute atomic E-state index is 0.0113. The van der Waals surface area contributed by atoms with Crippen LogP contribution in [-0.4, -0.2) is 51.2 Å². The van der Waals surface area contributed by atoms with Crippen molar-refractivity contribution < 1.29 is 23.6 Å². The monoisotopic (exact) mass is 331 g/mol. The van der Waals surface area contributed by atoms with Gasteiger partial charge in [-0.05, 0) is 24.3 Å². The lowest BCUT2D eigenvalue weighted by Crippen LogP contribution is -3.13. The maximum atomic E-state index is 12.8. The summed E-state index contributed by atoms with van der Waals surface area (Å²) in [6.45, 7) is 4.10. The van der Waals surface area contributed by atoms with Crippen LogP contribution in [0.4, 0.5) is 0 Å². The first-order valence-electron chi connectivity index (χ1n) is 8.09. The summed E-state index contributed by atoms with van der Waals surface area (Å²) in [7, 11) is 3.13. The van der Waals surface area contributed by atoms with Crippen LogP contribution in [0.25, 0.3) is 0 Å². The van der Waals surface area contributed by atoms with Crippen molar-refractivity contribution in [2.45, 2.75) is 6.54 Å². The van der Waals surface area contributed by atoms with E-state index in [1.165, 1.54) is 4.90 Å². The Morgan fingerprint density at radius 3 is 2.58 bits per heavy atom. The highest BCUT2D eigenvalue weighted by Crippen LogP contribution is 2.31. The normalized spacial score (nSPS) is 15.3. The number of hydrogen-bond acceptors (Lipinski definition) is 4. The summed E-state index contributed by atoms with van der Waals surface area (Å²) in [5, 5.41) is 0. The second-order valence-electron chi connectivity index (χ2n) is 5.84. The summed E-state index contributed by atoms with van der Waals surface area (Å²) in [5.74, 6) is 2.04. The van der Waals surface area contributed by atoms with E-state index in [0.29, 0.717) is 17.1 Å². The lowest BCUT2D eigenvalue weighted by molar-refractivity contribution is -0.918. The highest BCUT2D eigenvalue weighted by Gasteiger charge is 2.27. The van der Waals surface area contributed by atoms with E-state index in [4.69, 9.17) is 13.9 Å². The highest BCUT2D eigenvalue weighted by molar-refractivity contribution is 5.97. The second kappa shape index (κ2) is 7.40. The predicted octanol–water partition coefficient (Wildman–Crippen LogP) is 0.838. The van der Waals surface area contributed by atoms with E-state index in [1.54, 1.807) is 32.6 Å². The molecule has 128 valence electrons. The number of piperazine rings is 1. The predicted molar refractivity (Wildman–Crippen MR) is 88.6 cm³/mol. The standard InChI is InChI=1S/C18H22N2O4/c1-22-16-7-3-6-15(17(16)23-2)18(21)20-10-8-19(9-11-20)13-14-5-4-12-24-14/h3-7,12H,8-11,13H2,1-2H3/p+1. The molecular weight excluding hydrogens is 308 g/mol. The molecule has 24 heavy (non-hydrogen) atoms. The lowest BCUT2D eigenvalue weighted by atomic mass is 10.1. The summed E-state index contributed by atoms with van der Waals surface area (Å²) in [4.78, 5) is 16.1. The molecule has 0 radical (unpaired) electrons. The van der Waals surface area contributed by atoms with Crippen LogP contribution >= 0.6 is 0 Å². The van der Waals surface area contributed by atoms with Crippen LogP contribution in [0.3, 0.4) is 0 Å². The lowest BCUT2D eigenvalue weighted by Gasteiger charge is -2.32. The Labute approximate surface area is 141 Å². The number of carbonyl (C=O) groups is 1. The van der Waals surface area contributed by atoms with Gasteiger partial charge in [-0.1, -0.05) is 6.07 Å². The minimum atomic E-state index is -0.0113. The SMILES string of the molecule is COc1cccc(C(=O)N2CC[NH+](Cc3ccco3)CC2)c1OC. The number of para-hydroxylation sites is 1. The molecule has 1 N–H and O–H groups in total. The first-order valence-corrected chi connectivity index (χ1v) is 8.09. The van der Waals surface area contributed by atoms with Gasteiger partial charge in [0.1, 0.15) is 6.54 Å². The Morgan fingerprint density at radius 2 is 1.96 bits per heavy atom. The van der Waals surface area contributed by atoms with Crippen molar-refractivity contribution in [3.05, 3.63) is 47.9 Å². The van der Waals surface area contributed by atoms with Gasteiger partial charge in [-0.25, -0.2) is 0 Å². The fraction of sp³-hybridized carbons (Fsp3) is 0.389. The van der Waals surface area contributed by atoms with Crippen molar-refractivity contribution >= 4 is 5.91 Å². The molecule has 0 bridgehead atoms. The number of rotatable bonds is 5. The zero-order chi connectivity index (χ0) is 16.9. The molecule has 3 rings (SSSR count). The second-order valence-corrected chi connectivity index (χ2v) is 5.84. The number of hydrogen-bond donors (Lipinski definition) is 1. The van der Waals surface area contributed by atoms with Gasteiger partial charge in [-0.15, -0.1) is 0 Å². The maximum absolute atomic E-state index is 12.8. The molecule has 1 aromatic carbocycles. The molecule has 1 saturated heterocycles. The van der Waals surface area contributed by atoms with Gasteiger partial charge in [0.15, 0.2) is 17.3 Å². The zero-order valence-electron chi connectivity index (χ0n) is 14.1. The van der Waals surface area contributed by atoms with Crippen molar-refractivity contribution in [3.63, 3.8) is 0 Å². The van der Waals surface area contributed by atoms with E-state index < -0.39 is 0 Å². The Hall–Kier alpha value is -2.47. The first kappa shape index (κ1) is 16.4. The molecule has 1 aliphatic rings. The van der Waals surface area contributed by atoms with E-state index in [2.05, 4.69) is 0 Å². The van der Waals surface area contributed by atoms with Crippen molar-refractivity contribution in [2.75, 3.05) is 40.4 Å². The number of benzene rings is 1. The average Bonchev–Trinajstić information content (AvgIpc) is 3.14. The zero-order valence-corrected chi connectivity index (χ0v) is 14.1. The summed E-state index contributed by atoms with van der Waals surface area (Å²) in [6, 6.07) is 9.29. The van der Waals surface area contributed by atoms with Crippen molar-refractivity contribution in [1.82, 2.24) is 4.90 Å². The van der Waals surface area contributed by atoms with Gasteiger partial charge in [0, 0.05) is 0 Å². The molecular formula is C18H23N2O4+. The smallest absolute Gasteiger partial charge is 0.258 e. The van der Waals surface area contributed by atoms with Gasteiger partial charge in [0.2, 0.25) is 0 Å². The molecule has 1 fully saturated rings. The molecule has 0 atom stereocenters. The van der Waals surface area contributed by atoms with E-state index in [0.717, 1.165) is 38.5 Å². The van der Waals surface area contributed by atoms with Gasteiger partial charge >= 0.3 is 0 Å². The topological polar surface area (TPSA) is 56.3 Å². The highest BCUT2D eigenvalue weighted by atomic mass is 16.5. The third kappa shape index (κ3) is 3.38. The van der Waals surface area contributed by atoms with Crippen LogP contribution in [-0.2, 0) is 6.54 Å². The van der Waals surface area contributed by atoms with Crippen LogP contribution in [0.5, 0.6) is 11.5 Å². The van der Waals surface area contributed by atoms with Crippen LogP contribution in [0.1, 0.15) is 16.1 Å². The third-order valence-corrected chi connectivity index (χ3v) is 4.40. The van der Waals surface area contributed by atoms with Crippen molar-refractivity contribution in [1.29, 1.82) is 0 Å². The number of methoxy groups -OCH3 is 2. The summed E-state index contributed by atoms with van der Waals surface area (Å²) in [6.07, 6.45) is 1.70. The van der Waals surface area contributed by atoms with Crippen LogP contribution < -0.4 is 14.4 Å².